The van der Waals surface area contributed by atoms with Crippen LogP contribution in [0, 0.1) is 24.6 Å². The van der Waals surface area contributed by atoms with Gasteiger partial charge in [-0.25, -0.2) is 8.91 Å². The Kier molecular flexibility index (Phi) is 6.16. The van der Waals surface area contributed by atoms with Crippen LogP contribution < -0.4 is 11.5 Å². The van der Waals surface area contributed by atoms with Crippen LogP contribution in [0.2, 0.25) is 5.02 Å². The number of carbonyl (C=O) groups excluding carboxylic acids is 2. The lowest BCUT2D eigenvalue weighted by Gasteiger charge is -2.27. The Morgan fingerprint density at radius 2 is 1.86 bits per heavy atom. The minimum Gasteiger partial charge on any atom is -0.366 e. The molecule has 2 unspecified atom stereocenters. The number of aromatic nitrogens is 3. The molecule has 0 spiro atoms. The molecular weight excluding hydrogens is 579 g/mol. The molecule has 4 N–H and O–H groups in total. The number of benzene rings is 2. The number of likely N-dealkylation sites (tertiary alicyclic amines) is 1. The van der Waals surface area contributed by atoms with Gasteiger partial charge in [-0.05, 0) is 80.3 Å². The van der Waals surface area contributed by atoms with Crippen molar-refractivity contribution < 1.29 is 14.0 Å². The number of amides is 2. The number of piperidine rings is 1. The molecule has 2 aromatic carbocycles. The minimum atomic E-state index is -0.528. The Hall–Kier alpha value is -4.21. The van der Waals surface area contributed by atoms with Gasteiger partial charge < -0.3 is 20.9 Å². The molecule has 0 radical (unpaired) electrons. The maximum atomic E-state index is 15.7. The first-order chi connectivity index (χ1) is 21.2. The van der Waals surface area contributed by atoms with Crippen LogP contribution in [0.5, 0.6) is 0 Å². The SMILES string of the molecule is Cc1c(-c2cc3ccc(-c4ccc(C(N)=O)cc4Cl)cc3n2CC2CC2)nn2cc(C(=O)N3CC4CCC3[C@@H]4N)cc(F)c12. The van der Waals surface area contributed by atoms with Gasteiger partial charge in [0.15, 0.2) is 0 Å². The molecule has 3 fully saturated rings. The van der Waals surface area contributed by atoms with Gasteiger partial charge in [0.05, 0.1) is 11.3 Å². The van der Waals surface area contributed by atoms with Crippen molar-refractivity contribution in [2.45, 2.75) is 51.2 Å². The fraction of sp³-hybridized carbons (Fsp3) is 0.324. The van der Waals surface area contributed by atoms with Crippen LogP contribution in [-0.2, 0) is 6.54 Å². The maximum Gasteiger partial charge on any atom is 0.255 e. The summed E-state index contributed by atoms with van der Waals surface area (Å²) in [4.78, 5) is 26.9. The monoisotopic (exact) mass is 610 g/mol. The number of carbonyl (C=O) groups is 2. The highest BCUT2D eigenvalue weighted by atomic mass is 35.5. The fourth-order valence-corrected chi connectivity index (χ4v) is 7.65. The third kappa shape index (κ3) is 4.24. The molecule has 44 heavy (non-hydrogen) atoms. The van der Waals surface area contributed by atoms with Crippen molar-refractivity contribution in [1.82, 2.24) is 19.1 Å². The van der Waals surface area contributed by atoms with Crippen molar-refractivity contribution in [2.75, 3.05) is 6.54 Å². The molecule has 2 bridgehead atoms. The lowest BCUT2D eigenvalue weighted by Crippen LogP contribution is -2.41. The minimum absolute atomic E-state index is 0.00879. The average molecular weight is 611 g/mol. The van der Waals surface area contributed by atoms with Crippen LogP contribution >= 0.6 is 11.6 Å². The number of nitrogens with zero attached hydrogens (tertiary/aromatic N) is 4. The second-order valence-electron chi connectivity index (χ2n) is 12.7. The van der Waals surface area contributed by atoms with Crippen molar-refractivity contribution >= 4 is 39.8 Å². The van der Waals surface area contributed by atoms with E-state index in [4.69, 9.17) is 28.2 Å². The summed E-state index contributed by atoms with van der Waals surface area (Å²) in [6.07, 6.45) is 5.90. The molecule has 2 saturated carbocycles. The topological polar surface area (TPSA) is 112 Å². The largest absolute Gasteiger partial charge is 0.366 e. The number of primary amides is 1. The van der Waals surface area contributed by atoms with Crippen molar-refractivity contribution in [3.63, 3.8) is 0 Å². The molecule has 3 aliphatic rings. The summed E-state index contributed by atoms with van der Waals surface area (Å²) < 4.78 is 19.5. The summed E-state index contributed by atoms with van der Waals surface area (Å²) in [5, 5.41) is 6.35. The van der Waals surface area contributed by atoms with E-state index in [0.29, 0.717) is 45.7 Å². The van der Waals surface area contributed by atoms with E-state index in [9.17, 15) is 9.59 Å². The van der Waals surface area contributed by atoms with Gasteiger partial charge in [0, 0.05) is 64.0 Å². The Balaban J connectivity index is 1.22. The van der Waals surface area contributed by atoms with E-state index in [-0.39, 0.29) is 23.6 Å². The summed E-state index contributed by atoms with van der Waals surface area (Å²) in [6, 6.07) is 14.7. The standard InChI is InChI=1S/C34H32ClFN6O2/c1-17-31(39-42-16-23(11-26(36)32(17)42)34(44)41-15-22-7-9-27(41)30(22)37)29-13-20-5-4-19(12-28(20)40(29)14-18-2-3-18)24-8-6-21(33(38)43)10-25(24)35/h4-6,8,10-13,16,18,22,27,30H,2-3,7,9,14-15,37H2,1H3,(H2,38,43)/t22?,27?,30-/m1/s1. The molecule has 2 aliphatic carbocycles. The number of rotatable bonds is 6. The van der Waals surface area contributed by atoms with Gasteiger partial charge in [0.1, 0.15) is 17.0 Å². The zero-order valence-corrected chi connectivity index (χ0v) is 25.0. The molecule has 2 amide bonds. The molecule has 4 heterocycles. The highest BCUT2D eigenvalue weighted by Gasteiger charge is 2.47. The van der Waals surface area contributed by atoms with E-state index in [2.05, 4.69) is 16.7 Å². The Labute approximate surface area is 258 Å². The van der Waals surface area contributed by atoms with E-state index in [1.807, 2.05) is 30.0 Å². The summed E-state index contributed by atoms with van der Waals surface area (Å²) in [5.41, 5.74) is 17.8. The third-order valence-electron chi connectivity index (χ3n) is 9.93. The number of pyridine rings is 1. The zero-order chi connectivity index (χ0) is 30.4. The molecule has 10 heteroatoms. The molecular formula is C34H32ClFN6O2. The summed E-state index contributed by atoms with van der Waals surface area (Å²) in [5.74, 6) is -0.315. The first kappa shape index (κ1) is 27.3. The Morgan fingerprint density at radius 1 is 1.05 bits per heavy atom. The van der Waals surface area contributed by atoms with Crippen molar-refractivity contribution in [2.24, 2.45) is 23.3 Å². The van der Waals surface area contributed by atoms with Crippen LogP contribution in [-0.4, -0.2) is 49.5 Å². The van der Waals surface area contributed by atoms with E-state index >= 15 is 4.39 Å². The highest BCUT2D eigenvalue weighted by Crippen LogP contribution is 2.40. The van der Waals surface area contributed by atoms with Crippen molar-refractivity contribution in [3.05, 3.63) is 82.3 Å². The van der Waals surface area contributed by atoms with Gasteiger partial charge in [0.2, 0.25) is 5.91 Å². The van der Waals surface area contributed by atoms with Crippen LogP contribution in [0.3, 0.4) is 0 Å². The van der Waals surface area contributed by atoms with Gasteiger partial charge >= 0.3 is 0 Å². The fourth-order valence-electron chi connectivity index (χ4n) is 7.36. The summed E-state index contributed by atoms with van der Waals surface area (Å²) in [6.45, 7) is 3.32. The quantitative estimate of drug-likeness (QED) is 0.253. The van der Waals surface area contributed by atoms with E-state index in [0.717, 1.165) is 60.0 Å². The van der Waals surface area contributed by atoms with Gasteiger partial charge in [0.25, 0.3) is 5.91 Å². The summed E-state index contributed by atoms with van der Waals surface area (Å²) >= 11 is 6.58. The Bertz CT molecular complexity index is 2030. The van der Waals surface area contributed by atoms with E-state index in [1.165, 1.54) is 10.6 Å². The second kappa shape index (κ2) is 9.90. The predicted octanol–water partition coefficient (Wildman–Crippen LogP) is 5.79. The second-order valence-corrected chi connectivity index (χ2v) is 13.1. The van der Waals surface area contributed by atoms with E-state index in [1.54, 1.807) is 18.3 Å². The molecule has 8 nitrogen and oxygen atoms in total. The molecule has 3 atom stereocenters. The Morgan fingerprint density at radius 3 is 2.55 bits per heavy atom. The lowest BCUT2D eigenvalue weighted by molar-refractivity contribution is 0.0699. The number of fused-ring (bicyclic) bond motifs is 4. The predicted molar refractivity (Wildman–Crippen MR) is 168 cm³/mol. The molecule has 1 aliphatic heterocycles. The van der Waals surface area contributed by atoms with Crippen LogP contribution in [0.1, 0.15) is 52.0 Å². The molecule has 3 aromatic heterocycles. The number of hydrogen-bond acceptors (Lipinski definition) is 4. The van der Waals surface area contributed by atoms with Crippen LogP contribution in [0.15, 0.2) is 54.7 Å². The number of hydrogen-bond donors (Lipinski definition) is 2. The lowest BCUT2D eigenvalue weighted by atomic mass is 10.0. The normalized spacial score (nSPS) is 21.2. The van der Waals surface area contributed by atoms with Gasteiger partial charge in [-0.3, -0.25) is 9.59 Å². The summed E-state index contributed by atoms with van der Waals surface area (Å²) in [7, 11) is 0. The number of halogens is 2. The van der Waals surface area contributed by atoms with Crippen LogP contribution in [0.25, 0.3) is 38.9 Å². The van der Waals surface area contributed by atoms with Crippen molar-refractivity contribution in [1.29, 1.82) is 0 Å². The number of nitrogens with two attached hydrogens (primary N) is 2. The van der Waals surface area contributed by atoms with Crippen molar-refractivity contribution in [3.8, 4) is 22.5 Å². The van der Waals surface area contributed by atoms with Gasteiger partial charge in [-0.1, -0.05) is 29.8 Å². The first-order valence-electron chi connectivity index (χ1n) is 15.2. The number of aryl methyl sites for hydroxylation is 1. The molecule has 8 rings (SSSR count). The highest BCUT2D eigenvalue weighted by molar-refractivity contribution is 6.33. The molecule has 5 aromatic rings. The maximum absolute atomic E-state index is 15.7. The van der Waals surface area contributed by atoms with Gasteiger partial charge in [-0.2, -0.15) is 5.10 Å². The van der Waals surface area contributed by atoms with Gasteiger partial charge in [-0.15, -0.1) is 0 Å². The zero-order valence-electron chi connectivity index (χ0n) is 24.3. The smallest absolute Gasteiger partial charge is 0.255 e. The average Bonchev–Trinajstić information content (AvgIpc) is 3.40. The third-order valence-corrected chi connectivity index (χ3v) is 10.2. The van der Waals surface area contributed by atoms with Crippen LogP contribution in [0.4, 0.5) is 4.39 Å². The first-order valence-corrected chi connectivity index (χ1v) is 15.5. The van der Waals surface area contributed by atoms with E-state index < -0.39 is 11.7 Å². The molecule has 1 saturated heterocycles. The molecule has 224 valence electrons.